The zero-order valence-electron chi connectivity index (χ0n) is 16.4. The minimum absolute atomic E-state index is 0.0967. The van der Waals surface area contributed by atoms with Crippen LogP contribution in [0.2, 0.25) is 0 Å². The van der Waals surface area contributed by atoms with Crippen LogP contribution in [0.3, 0.4) is 0 Å². The highest BCUT2D eigenvalue weighted by Gasteiger charge is 2.22. The second-order valence-electron chi connectivity index (χ2n) is 7.49. The SMILES string of the molecule is CC(C)OCCOCc1cccc(NC(=O)CC(C)C2CCNCC2)c1. The van der Waals surface area contributed by atoms with Crippen LogP contribution in [0.4, 0.5) is 5.69 Å². The third-order valence-electron chi connectivity index (χ3n) is 4.85. The summed E-state index contributed by atoms with van der Waals surface area (Å²) in [4.78, 5) is 12.4. The summed E-state index contributed by atoms with van der Waals surface area (Å²) in [5, 5.41) is 6.41. The van der Waals surface area contributed by atoms with Crippen molar-refractivity contribution in [3.05, 3.63) is 29.8 Å². The van der Waals surface area contributed by atoms with Gasteiger partial charge in [0.25, 0.3) is 0 Å². The molecule has 0 radical (unpaired) electrons. The first-order chi connectivity index (χ1) is 12.5. The van der Waals surface area contributed by atoms with Crippen LogP contribution in [0, 0.1) is 11.8 Å². The average Bonchev–Trinajstić information content (AvgIpc) is 2.62. The number of hydrogen-bond donors (Lipinski definition) is 2. The molecular weight excluding hydrogens is 328 g/mol. The molecule has 0 saturated carbocycles. The van der Waals surface area contributed by atoms with Gasteiger partial charge in [-0.2, -0.15) is 0 Å². The Labute approximate surface area is 157 Å². The monoisotopic (exact) mass is 362 g/mol. The summed E-state index contributed by atoms with van der Waals surface area (Å²) in [5.41, 5.74) is 1.89. The second kappa shape index (κ2) is 11.3. The normalized spacial score (nSPS) is 16.6. The molecule has 2 rings (SSSR count). The number of piperidine rings is 1. The number of benzene rings is 1. The molecule has 0 spiro atoms. The molecule has 1 amide bonds. The van der Waals surface area contributed by atoms with Crippen molar-refractivity contribution in [2.75, 3.05) is 31.6 Å². The number of ether oxygens (including phenoxy) is 2. The molecule has 0 aliphatic carbocycles. The molecule has 1 aromatic carbocycles. The van der Waals surface area contributed by atoms with Crippen molar-refractivity contribution in [1.29, 1.82) is 0 Å². The van der Waals surface area contributed by atoms with E-state index in [1.807, 2.05) is 38.1 Å². The van der Waals surface area contributed by atoms with Crippen LogP contribution in [0.1, 0.15) is 45.6 Å². The van der Waals surface area contributed by atoms with Gasteiger partial charge in [-0.15, -0.1) is 0 Å². The molecule has 1 aliphatic rings. The molecule has 0 bridgehead atoms. The van der Waals surface area contributed by atoms with E-state index in [9.17, 15) is 4.79 Å². The fraction of sp³-hybridized carbons (Fsp3) is 0.667. The molecule has 0 aromatic heterocycles. The lowest BCUT2D eigenvalue weighted by atomic mass is 9.84. The van der Waals surface area contributed by atoms with E-state index in [1.54, 1.807) is 0 Å². The number of hydrogen-bond acceptors (Lipinski definition) is 4. The van der Waals surface area contributed by atoms with E-state index in [4.69, 9.17) is 9.47 Å². The first kappa shape index (κ1) is 20.9. The smallest absolute Gasteiger partial charge is 0.224 e. The summed E-state index contributed by atoms with van der Waals surface area (Å²) in [5.74, 6) is 1.17. The van der Waals surface area contributed by atoms with Crippen LogP contribution in [0.5, 0.6) is 0 Å². The summed E-state index contributed by atoms with van der Waals surface area (Å²) in [6.07, 6.45) is 3.14. The van der Waals surface area contributed by atoms with Crippen molar-refractivity contribution in [2.24, 2.45) is 11.8 Å². The van der Waals surface area contributed by atoms with E-state index < -0.39 is 0 Å². The first-order valence-electron chi connectivity index (χ1n) is 9.83. The van der Waals surface area contributed by atoms with E-state index in [1.165, 1.54) is 12.8 Å². The molecule has 1 heterocycles. The molecule has 1 fully saturated rings. The van der Waals surface area contributed by atoms with Crippen LogP contribution >= 0.6 is 0 Å². The van der Waals surface area contributed by atoms with E-state index in [-0.39, 0.29) is 12.0 Å². The van der Waals surface area contributed by atoms with Gasteiger partial charge in [0.05, 0.1) is 25.9 Å². The number of amides is 1. The Morgan fingerprint density at radius 1 is 1.23 bits per heavy atom. The van der Waals surface area contributed by atoms with Gasteiger partial charge in [-0.3, -0.25) is 4.79 Å². The highest BCUT2D eigenvalue weighted by atomic mass is 16.5. The van der Waals surface area contributed by atoms with Crippen LogP contribution < -0.4 is 10.6 Å². The zero-order chi connectivity index (χ0) is 18.8. The molecule has 5 nitrogen and oxygen atoms in total. The lowest BCUT2D eigenvalue weighted by Crippen LogP contribution is -2.32. The molecule has 1 atom stereocenters. The molecule has 1 saturated heterocycles. The third kappa shape index (κ3) is 7.85. The Bertz CT molecular complexity index is 542. The van der Waals surface area contributed by atoms with Crippen molar-refractivity contribution in [3.8, 4) is 0 Å². The van der Waals surface area contributed by atoms with Crippen molar-refractivity contribution < 1.29 is 14.3 Å². The molecular formula is C21H34N2O3. The number of nitrogens with one attached hydrogen (secondary N) is 2. The highest BCUT2D eigenvalue weighted by Crippen LogP contribution is 2.24. The maximum Gasteiger partial charge on any atom is 0.224 e. The Kier molecular flexibility index (Phi) is 9.09. The molecule has 1 aliphatic heterocycles. The van der Waals surface area contributed by atoms with E-state index >= 15 is 0 Å². The topological polar surface area (TPSA) is 59.6 Å². The van der Waals surface area contributed by atoms with Crippen LogP contribution in [0.25, 0.3) is 0 Å². The predicted octanol–water partition coefficient (Wildman–Crippen LogP) is 3.59. The Balaban J connectivity index is 1.73. The summed E-state index contributed by atoms with van der Waals surface area (Å²) in [7, 11) is 0. The van der Waals surface area contributed by atoms with E-state index in [0.717, 1.165) is 24.3 Å². The fourth-order valence-corrected chi connectivity index (χ4v) is 3.36. The van der Waals surface area contributed by atoms with Crippen molar-refractivity contribution in [1.82, 2.24) is 5.32 Å². The Hall–Kier alpha value is -1.43. The first-order valence-corrected chi connectivity index (χ1v) is 9.83. The maximum absolute atomic E-state index is 12.4. The molecule has 146 valence electrons. The van der Waals surface area contributed by atoms with Gasteiger partial charge in [0.15, 0.2) is 0 Å². The molecule has 2 N–H and O–H groups in total. The number of carbonyl (C=O) groups excluding carboxylic acids is 1. The molecule has 26 heavy (non-hydrogen) atoms. The van der Waals surface area contributed by atoms with Gasteiger partial charge in [-0.25, -0.2) is 0 Å². The Morgan fingerprint density at radius 3 is 2.73 bits per heavy atom. The third-order valence-corrected chi connectivity index (χ3v) is 4.85. The number of rotatable bonds is 10. The van der Waals surface area contributed by atoms with Gasteiger partial charge >= 0.3 is 0 Å². The number of anilines is 1. The summed E-state index contributed by atoms with van der Waals surface area (Å²) in [6, 6.07) is 7.88. The maximum atomic E-state index is 12.4. The quantitative estimate of drug-likeness (QED) is 0.625. The van der Waals surface area contributed by atoms with Gasteiger partial charge in [0, 0.05) is 12.1 Å². The van der Waals surface area contributed by atoms with E-state index in [2.05, 4.69) is 17.6 Å². The minimum atomic E-state index is 0.0967. The Morgan fingerprint density at radius 2 is 2.00 bits per heavy atom. The van der Waals surface area contributed by atoms with Crippen molar-refractivity contribution in [3.63, 3.8) is 0 Å². The van der Waals surface area contributed by atoms with E-state index in [0.29, 0.717) is 38.1 Å². The van der Waals surface area contributed by atoms with Crippen LogP contribution in [-0.2, 0) is 20.9 Å². The lowest BCUT2D eigenvalue weighted by molar-refractivity contribution is -0.117. The van der Waals surface area contributed by atoms with Crippen LogP contribution in [-0.4, -0.2) is 38.3 Å². The number of carbonyl (C=O) groups is 1. The second-order valence-corrected chi connectivity index (χ2v) is 7.49. The van der Waals surface area contributed by atoms with Crippen LogP contribution in [0.15, 0.2) is 24.3 Å². The summed E-state index contributed by atoms with van der Waals surface area (Å²) in [6.45, 7) is 10.1. The largest absolute Gasteiger partial charge is 0.376 e. The molecule has 5 heteroatoms. The fourth-order valence-electron chi connectivity index (χ4n) is 3.36. The van der Waals surface area contributed by atoms with Gasteiger partial charge in [-0.1, -0.05) is 19.1 Å². The van der Waals surface area contributed by atoms with Crippen molar-refractivity contribution >= 4 is 11.6 Å². The highest BCUT2D eigenvalue weighted by molar-refractivity contribution is 5.90. The molecule has 1 unspecified atom stereocenters. The predicted molar refractivity (Wildman–Crippen MR) is 105 cm³/mol. The summed E-state index contributed by atoms with van der Waals surface area (Å²) < 4.78 is 11.1. The minimum Gasteiger partial charge on any atom is -0.376 e. The van der Waals surface area contributed by atoms with Gasteiger partial charge in [-0.05, 0) is 69.3 Å². The standard InChI is InChI=1S/C21H34N2O3/c1-16(2)26-12-11-25-15-18-5-4-6-20(14-18)23-21(24)13-17(3)19-7-9-22-10-8-19/h4-6,14,16-17,19,22H,7-13,15H2,1-3H3,(H,23,24). The zero-order valence-corrected chi connectivity index (χ0v) is 16.4. The average molecular weight is 363 g/mol. The lowest BCUT2D eigenvalue weighted by Gasteiger charge is -2.27. The van der Waals surface area contributed by atoms with Gasteiger partial charge in [0.2, 0.25) is 5.91 Å². The summed E-state index contributed by atoms with van der Waals surface area (Å²) >= 11 is 0. The van der Waals surface area contributed by atoms with Gasteiger partial charge < -0.3 is 20.1 Å². The van der Waals surface area contributed by atoms with Crippen molar-refractivity contribution in [2.45, 2.75) is 52.7 Å². The molecule has 1 aromatic rings. The van der Waals surface area contributed by atoms with Gasteiger partial charge in [0.1, 0.15) is 0 Å².